The Balaban J connectivity index is 1.45. The Morgan fingerprint density at radius 1 is 1.00 bits per heavy atom. The molecule has 0 spiro atoms. The van der Waals surface area contributed by atoms with Crippen LogP contribution in [-0.4, -0.2) is 47.0 Å². The fraction of sp³-hybridized carbons (Fsp3) is 0.222. The van der Waals surface area contributed by atoms with Crippen molar-refractivity contribution < 1.29 is 14.3 Å². The largest absolute Gasteiger partial charge is 0.497 e. The van der Waals surface area contributed by atoms with Gasteiger partial charge in [0.2, 0.25) is 5.91 Å². The van der Waals surface area contributed by atoms with Crippen LogP contribution in [0, 0.1) is 0 Å². The number of nitrogens with one attached hydrogen (secondary N) is 1. The number of hydrogen-bond donors (Lipinski definition) is 1. The molecule has 2 amide bonds. The zero-order valence-corrected chi connectivity index (χ0v) is 19.4. The summed E-state index contributed by atoms with van der Waals surface area (Å²) in [6, 6.07) is 24.7. The van der Waals surface area contributed by atoms with Crippen molar-refractivity contribution in [2.24, 2.45) is 0 Å². The molecule has 1 aromatic heterocycles. The molecule has 0 fully saturated rings. The first kappa shape index (κ1) is 23.0. The number of imidazole rings is 1. The first-order chi connectivity index (χ1) is 16.5. The Labute approximate surface area is 199 Å². The average Bonchev–Trinajstić information content (AvgIpc) is 3.21. The van der Waals surface area contributed by atoms with Crippen LogP contribution in [0.25, 0.3) is 11.0 Å². The molecule has 0 aliphatic heterocycles. The summed E-state index contributed by atoms with van der Waals surface area (Å²) in [5.74, 6) is 1.20. The maximum absolute atomic E-state index is 13.0. The lowest BCUT2D eigenvalue weighted by molar-refractivity contribution is -0.131. The lowest BCUT2D eigenvalue weighted by atomic mass is 10.2. The molecule has 174 valence electrons. The van der Waals surface area contributed by atoms with Crippen LogP contribution in [0.4, 0.5) is 0 Å². The number of nitrogens with zero attached hydrogens (tertiary/aromatic N) is 3. The van der Waals surface area contributed by atoms with E-state index >= 15 is 0 Å². The van der Waals surface area contributed by atoms with Gasteiger partial charge in [-0.05, 0) is 35.9 Å². The predicted octanol–water partition coefficient (Wildman–Crippen LogP) is 3.68. The fourth-order valence-electron chi connectivity index (χ4n) is 3.85. The zero-order valence-electron chi connectivity index (χ0n) is 19.4. The third-order valence-corrected chi connectivity index (χ3v) is 5.68. The average molecular weight is 457 g/mol. The molecule has 3 aromatic carbocycles. The van der Waals surface area contributed by atoms with E-state index in [4.69, 9.17) is 9.72 Å². The molecule has 4 aromatic rings. The van der Waals surface area contributed by atoms with Gasteiger partial charge in [0.1, 0.15) is 18.1 Å². The number of amides is 2. The number of para-hydroxylation sites is 2. The minimum atomic E-state index is -0.180. The van der Waals surface area contributed by atoms with E-state index in [1.165, 1.54) is 0 Å². The van der Waals surface area contributed by atoms with Crippen molar-refractivity contribution in [3.63, 3.8) is 0 Å². The molecule has 0 aliphatic rings. The van der Waals surface area contributed by atoms with Crippen molar-refractivity contribution in [3.05, 3.63) is 95.8 Å². The highest BCUT2D eigenvalue weighted by Gasteiger charge is 2.17. The van der Waals surface area contributed by atoms with Crippen LogP contribution in [0.15, 0.2) is 78.9 Å². The topological polar surface area (TPSA) is 76.5 Å². The van der Waals surface area contributed by atoms with Gasteiger partial charge in [0.25, 0.3) is 5.91 Å². The molecule has 0 atom stereocenters. The lowest BCUT2D eigenvalue weighted by Crippen LogP contribution is -2.31. The van der Waals surface area contributed by atoms with Crippen LogP contribution in [-0.2, 0) is 24.3 Å². The van der Waals surface area contributed by atoms with Crippen molar-refractivity contribution in [2.45, 2.75) is 19.5 Å². The van der Waals surface area contributed by atoms with Gasteiger partial charge in [-0.15, -0.1) is 0 Å². The summed E-state index contributed by atoms with van der Waals surface area (Å²) in [5.41, 5.74) is 3.34. The van der Waals surface area contributed by atoms with Crippen LogP contribution in [0.3, 0.4) is 0 Å². The van der Waals surface area contributed by atoms with Crippen molar-refractivity contribution in [1.29, 1.82) is 0 Å². The van der Waals surface area contributed by atoms with Gasteiger partial charge < -0.3 is 19.5 Å². The first-order valence-corrected chi connectivity index (χ1v) is 11.2. The zero-order chi connectivity index (χ0) is 23.9. The highest BCUT2D eigenvalue weighted by atomic mass is 16.5. The second-order valence-corrected chi connectivity index (χ2v) is 8.08. The van der Waals surface area contributed by atoms with Crippen LogP contribution in [0.5, 0.6) is 5.75 Å². The Hall–Kier alpha value is -4.13. The second kappa shape index (κ2) is 10.7. The number of rotatable bonds is 9. The molecule has 0 bridgehead atoms. The van der Waals surface area contributed by atoms with Gasteiger partial charge in [-0.25, -0.2) is 4.98 Å². The maximum Gasteiger partial charge on any atom is 0.251 e. The number of carbonyl (C=O) groups excluding carboxylic acids is 2. The van der Waals surface area contributed by atoms with Crippen LogP contribution in [0.2, 0.25) is 0 Å². The van der Waals surface area contributed by atoms with E-state index in [9.17, 15) is 9.59 Å². The summed E-state index contributed by atoms with van der Waals surface area (Å²) in [6.07, 6.45) is 0.500. The predicted molar refractivity (Wildman–Crippen MR) is 132 cm³/mol. The van der Waals surface area contributed by atoms with E-state index in [2.05, 4.69) is 5.32 Å². The molecule has 4 rings (SSSR count). The summed E-state index contributed by atoms with van der Waals surface area (Å²) in [4.78, 5) is 32.0. The summed E-state index contributed by atoms with van der Waals surface area (Å²) in [7, 11) is 3.38. The van der Waals surface area contributed by atoms with E-state index < -0.39 is 0 Å². The summed E-state index contributed by atoms with van der Waals surface area (Å²) < 4.78 is 7.13. The summed E-state index contributed by atoms with van der Waals surface area (Å²) >= 11 is 0. The van der Waals surface area contributed by atoms with Crippen molar-refractivity contribution in [3.8, 4) is 5.75 Å². The molecule has 0 aliphatic carbocycles. The Morgan fingerprint density at radius 3 is 2.56 bits per heavy atom. The van der Waals surface area contributed by atoms with E-state index in [0.29, 0.717) is 30.8 Å². The van der Waals surface area contributed by atoms with Gasteiger partial charge in [-0.2, -0.15) is 0 Å². The molecule has 0 unspecified atom stereocenters. The number of benzene rings is 3. The Morgan fingerprint density at radius 2 is 1.76 bits per heavy atom. The van der Waals surface area contributed by atoms with Crippen molar-refractivity contribution in [2.75, 3.05) is 20.7 Å². The van der Waals surface area contributed by atoms with E-state index in [1.54, 1.807) is 36.3 Å². The molecular weight excluding hydrogens is 428 g/mol. The number of likely N-dealkylation sites (N-methyl/N-ethyl adjacent to an activating group) is 1. The van der Waals surface area contributed by atoms with Crippen LogP contribution in [0.1, 0.15) is 21.7 Å². The molecule has 0 radical (unpaired) electrons. The highest BCUT2D eigenvalue weighted by Crippen LogP contribution is 2.17. The molecule has 0 saturated carbocycles. The molecule has 0 saturated heterocycles. The van der Waals surface area contributed by atoms with Gasteiger partial charge >= 0.3 is 0 Å². The number of ether oxygens (including phenoxy) is 1. The molecular formula is C27H28N4O3. The van der Waals surface area contributed by atoms with E-state index in [0.717, 1.165) is 22.4 Å². The van der Waals surface area contributed by atoms with Gasteiger partial charge in [0, 0.05) is 32.1 Å². The van der Waals surface area contributed by atoms with Crippen molar-refractivity contribution >= 4 is 22.8 Å². The normalized spacial score (nSPS) is 10.8. The maximum atomic E-state index is 13.0. The number of carbonyl (C=O) groups is 2. The number of fused-ring (bicyclic) bond motifs is 1. The number of hydrogen-bond acceptors (Lipinski definition) is 4. The lowest BCUT2D eigenvalue weighted by Gasteiger charge is -2.19. The van der Waals surface area contributed by atoms with Crippen LogP contribution < -0.4 is 10.1 Å². The SMILES string of the molecule is COc1cccc(C(=O)NCCc2nc3ccccc3n2CC(=O)N(C)Cc2ccccc2)c1. The van der Waals surface area contributed by atoms with E-state index in [-0.39, 0.29) is 18.4 Å². The van der Waals surface area contributed by atoms with Crippen molar-refractivity contribution in [1.82, 2.24) is 19.8 Å². The number of methoxy groups -OCH3 is 1. The third kappa shape index (κ3) is 5.43. The first-order valence-electron chi connectivity index (χ1n) is 11.2. The van der Waals surface area contributed by atoms with Gasteiger partial charge in [0.15, 0.2) is 0 Å². The molecule has 1 N–H and O–H groups in total. The highest BCUT2D eigenvalue weighted by molar-refractivity contribution is 5.94. The fourth-order valence-corrected chi connectivity index (χ4v) is 3.85. The van der Waals surface area contributed by atoms with Gasteiger partial charge in [-0.1, -0.05) is 48.5 Å². The van der Waals surface area contributed by atoms with Gasteiger partial charge in [0.05, 0.1) is 18.1 Å². The smallest absolute Gasteiger partial charge is 0.251 e. The third-order valence-electron chi connectivity index (χ3n) is 5.68. The summed E-state index contributed by atoms with van der Waals surface area (Å²) in [5, 5.41) is 2.94. The molecule has 7 heteroatoms. The standard InChI is InChI=1S/C27H28N4O3/c1-30(18-20-9-4-3-5-10-20)26(32)19-31-24-14-7-6-13-23(24)29-25(31)15-16-28-27(33)21-11-8-12-22(17-21)34-2/h3-14,17H,15-16,18-19H2,1-2H3,(H,28,33). The molecule has 34 heavy (non-hydrogen) atoms. The second-order valence-electron chi connectivity index (χ2n) is 8.08. The minimum absolute atomic E-state index is 0.00586. The molecule has 1 heterocycles. The monoisotopic (exact) mass is 456 g/mol. The number of aromatic nitrogens is 2. The Bertz CT molecular complexity index is 1280. The molecule has 7 nitrogen and oxygen atoms in total. The minimum Gasteiger partial charge on any atom is -0.497 e. The summed E-state index contributed by atoms with van der Waals surface area (Å²) in [6.45, 7) is 1.12. The van der Waals surface area contributed by atoms with Gasteiger partial charge in [-0.3, -0.25) is 9.59 Å². The Kier molecular flexibility index (Phi) is 7.22. The van der Waals surface area contributed by atoms with Crippen LogP contribution >= 0.6 is 0 Å². The quantitative estimate of drug-likeness (QED) is 0.417. The van der Waals surface area contributed by atoms with E-state index in [1.807, 2.05) is 66.2 Å².